The molecular weight excluding hydrogens is 504 g/mol. The molecule has 36 heavy (non-hydrogen) atoms. The maximum atomic E-state index is 14.7. The highest BCUT2D eigenvalue weighted by atomic mass is 35.5. The number of aryl methyl sites for hydroxylation is 1. The van der Waals surface area contributed by atoms with Gasteiger partial charge >= 0.3 is 6.18 Å². The number of aromatic amines is 1. The summed E-state index contributed by atoms with van der Waals surface area (Å²) in [5, 5.41) is 10.9. The largest absolute Gasteiger partial charge is 0.488 e. The van der Waals surface area contributed by atoms with Crippen LogP contribution in [0, 0.1) is 17.1 Å². The number of hydrogen-bond acceptors (Lipinski definition) is 5. The van der Waals surface area contributed by atoms with Gasteiger partial charge in [0, 0.05) is 24.6 Å². The first-order valence-corrected chi connectivity index (χ1v) is 10.5. The third-order valence-corrected chi connectivity index (χ3v) is 4.94. The van der Waals surface area contributed by atoms with Gasteiger partial charge in [0.25, 0.3) is 5.56 Å². The minimum Gasteiger partial charge on any atom is -0.488 e. The number of nitrogens with one attached hydrogen (secondary N) is 2. The average molecular weight is 525 g/mol. The first-order valence-electron chi connectivity index (χ1n) is 10.5. The number of halogens is 5. The van der Waals surface area contributed by atoms with E-state index in [1.807, 2.05) is 0 Å². The van der Waals surface area contributed by atoms with Crippen molar-refractivity contribution in [2.24, 2.45) is 0 Å². The summed E-state index contributed by atoms with van der Waals surface area (Å²) in [6.07, 6.45) is -3.01. The summed E-state index contributed by atoms with van der Waals surface area (Å²) in [4.78, 5) is 30.4. The van der Waals surface area contributed by atoms with E-state index in [9.17, 15) is 27.2 Å². The highest BCUT2D eigenvalue weighted by Gasteiger charge is 2.34. The molecule has 0 aliphatic carbocycles. The number of amides is 1. The van der Waals surface area contributed by atoms with E-state index in [0.717, 1.165) is 12.3 Å². The molecule has 0 bridgehead atoms. The standard InChI is InChI=1S/C24H20F4N4O3.ClH/c1-2-35-21-9-16(12-31-23(21)34)14-5-6-15(19(25)8-14)10-22(33)32-17-11-18(24(26,27)28)20(30-13-17)4-3-7-29;/h5-6,8-9,11-13H,2-4,10H2,1H3,(H,31,34)(H,32,33);1H. The number of pyridine rings is 2. The van der Waals surface area contributed by atoms with Crippen LogP contribution in [0.25, 0.3) is 11.1 Å². The number of rotatable bonds is 8. The van der Waals surface area contributed by atoms with Gasteiger partial charge in [0.1, 0.15) is 5.82 Å². The first kappa shape index (κ1) is 28.3. The molecule has 0 unspecified atom stereocenters. The fraction of sp³-hybridized carbons (Fsp3) is 0.250. The van der Waals surface area contributed by atoms with Gasteiger partial charge in [-0.25, -0.2) is 4.39 Å². The van der Waals surface area contributed by atoms with Gasteiger partial charge in [0.2, 0.25) is 5.91 Å². The van der Waals surface area contributed by atoms with Gasteiger partial charge in [-0.2, -0.15) is 18.4 Å². The van der Waals surface area contributed by atoms with Crippen molar-refractivity contribution in [2.75, 3.05) is 11.9 Å². The predicted octanol–water partition coefficient (Wildman–Crippen LogP) is 5.05. The maximum Gasteiger partial charge on any atom is 0.418 e. The minimum atomic E-state index is -4.72. The highest BCUT2D eigenvalue weighted by Crippen LogP contribution is 2.33. The molecule has 0 aliphatic rings. The van der Waals surface area contributed by atoms with Gasteiger partial charge in [0.05, 0.1) is 42.2 Å². The normalized spacial score (nSPS) is 10.8. The molecule has 2 N–H and O–H groups in total. The SMILES string of the molecule is CCOc1cc(-c2ccc(CC(=O)Nc3cnc(CCC#N)c(C(F)(F)F)c3)c(F)c2)c[nH]c1=O.Cl. The van der Waals surface area contributed by atoms with Crippen molar-refractivity contribution in [1.29, 1.82) is 5.26 Å². The number of nitrogens with zero attached hydrogens (tertiary/aromatic N) is 2. The highest BCUT2D eigenvalue weighted by molar-refractivity contribution is 5.92. The number of alkyl halides is 3. The topological polar surface area (TPSA) is 108 Å². The number of ether oxygens (including phenoxy) is 1. The molecule has 2 aromatic heterocycles. The molecule has 0 radical (unpaired) electrons. The Labute approximate surface area is 209 Å². The molecule has 2 heterocycles. The van der Waals surface area contributed by atoms with E-state index in [4.69, 9.17) is 10.00 Å². The molecule has 3 rings (SSSR count). The molecule has 0 saturated heterocycles. The summed E-state index contributed by atoms with van der Waals surface area (Å²) in [5.41, 5.74) is -1.03. The van der Waals surface area contributed by atoms with E-state index in [1.165, 1.54) is 24.4 Å². The Morgan fingerprint density at radius 2 is 1.97 bits per heavy atom. The Bertz CT molecular complexity index is 1340. The van der Waals surface area contributed by atoms with Gasteiger partial charge in [0.15, 0.2) is 5.75 Å². The smallest absolute Gasteiger partial charge is 0.418 e. The molecule has 0 spiro atoms. The number of anilines is 1. The van der Waals surface area contributed by atoms with Gasteiger partial charge in [-0.05, 0) is 36.2 Å². The Morgan fingerprint density at radius 1 is 1.22 bits per heavy atom. The molecular formula is C24H21ClF4N4O3. The van der Waals surface area contributed by atoms with Crippen molar-refractivity contribution < 1.29 is 27.1 Å². The summed E-state index contributed by atoms with van der Waals surface area (Å²) in [6.45, 7) is 1.99. The third-order valence-electron chi connectivity index (χ3n) is 4.94. The van der Waals surface area contributed by atoms with Crippen LogP contribution in [0.5, 0.6) is 5.75 Å². The fourth-order valence-electron chi connectivity index (χ4n) is 3.32. The Balaban J connectivity index is 0.00000456. The van der Waals surface area contributed by atoms with Crippen molar-refractivity contribution in [3.63, 3.8) is 0 Å². The van der Waals surface area contributed by atoms with Crippen LogP contribution in [0.1, 0.15) is 30.2 Å². The zero-order valence-corrected chi connectivity index (χ0v) is 19.7. The van der Waals surface area contributed by atoms with Gasteiger partial charge in [-0.15, -0.1) is 12.4 Å². The van der Waals surface area contributed by atoms with Crippen LogP contribution in [0.2, 0.25) is 0 Å². The Morgan fingerprint density at radius 3 is 2.61 bits per heavy atom. The van der Waals surface area contributed by atoms with Crippen LogP contribution < -0.4 is 15.6 Å². The maximum absolute atomic E-state index is 14.7. The predicted molar refractivity (Wildman–Crippen MR) is 126 cm³/mol. The van der Waals surface area contributed by atoms with Crippen LogP contribution in [-0.2, 0) is 23.8 Å². The molecule has 0 aliphatic heterocycles. The van der Waals surface area contributed by atoms with Crippen molar-refractivity contribution in [1.82, 2.24) is 9.97 Å². The lowest BCUT2D eigenvalue weighted by Gasteiger charge is -2.14. The van der Waals surface area contributed by atoms with Crippen LogP contribution in [0.4, 0.5) is 23.2 Å². The molecule has 0 atom stereocenters. The summed E-state index contributed by atoms with van der Waals surface area (Å²) in [7, 11) is 0. The first-order chi connectivity index (χ1) is 16.6. The average Bonchev–Trinajstić information content (AvgIpc) is 2.80. The van der Waals surface area contributed by atoms with Crippen molar-refractivity contribution in [3.8, 4) is 22.9 Å². The monoisotopic (exact) mass is 524 g/mol. The number of carbonyl (C=O) groups excluding carboxylic acids is 1. The molecule has 1 amide bonds. The molecule has 7 nitrogen and oxygen atoms in total. The van der Waals surface area contributed by atoms with Crippen LogP contribution >= 0.6 is 12.4 Å². The summed E-state index contributed by atoms with van der Waals surface area (Å²) in [6, 6.07) is 8.07. The zero-order chi connectivity index (χ0) is 25.6. The summed E-state index contributed by atoms with van der Waals surface area (Å²) in [5.74, 6) is -1.36. The van der Waals surface area contributed by atoms with E-state index in [-0.39, 0.29) is 54.5 Å². The van der Waals surface area contributed by atoms with E-state index in [2.05, 4.69) is 15.3 Å². The fourth-order valence-corrected chi connectivity index (χ4v) is 3.32. The van der Waals surface area contributed by atoms with Crippen LogP contribution in [-0.4, -0.2) is 22.5 Å². The molecule has 12 heteroatoms. The lowest BCUT2D eigenvalue weighted by molar-refractivity contribution is -0.138. The second-order valence-corrected chi connectivity index (χ2v) is 7.42. The Kier molecular flexibility index (Phi) is 9.58. The van der Waals surface area contributed by atoms with Crippen molar-refractivity contribution in [3.05, 3.63) is 75.7 Å². The number of aromatic nitrogens is 2. The quantitative estimate of drug-likeness (QED) is 0.401. The molecule has 0 saturated carbocycles. The lowest BCUT2D eigenvalue weighted by atomic mass is 10.0. The van der Waals surface area contributed by atoms with Crippen molar-refractivity contribution >= 4 is 24.0 Å². The number of carbonyl (C=O) groups is 1. The van der Waals surface area contributed by atoms with Gasteiger partial charge < -0.3 is 15.0 Å². The van der Waals surface area contributed by atoms with Gasteiger partial charge in [-0.3, -0.25) is 14.6 Å². The number of nitriles is 1. The van der Waals surface area contributed by atoms with Crippen LogP contribution in [0.15, 0.2) is 47.5 Å². The zero-order valence-electron chi connectivity index (χ0n) is 18.9. The molecule has 0 fully saturated rings. The number of H-pyrrole nitrogens is 1. The second-order valence-electron chi connectivity index (χ2n) is 7.42. The summed E-state index contributed by atoms with van der Waals surface area (Å²) < 4.78 is 60.0. The van der Waals surface area contributed by atoms with E-state index >= 15 is 0 Å². The van der Waals surface area contributed by atoms with E-state index < -0.39 is 35.4 Å². The molecule has 1 aromatic carbocycles. The Hall–Kier alpha value is -3.91. The van der Waals surface area contributed by atoms with Gasteiger partial charge in [-0.1, -0.05) is 12.1 Å². The minimum absolute atomic E-state index is 0. The lowest BCUT2D eigenvalue weighted by Crippen LogP contribution is -2.17. The van der Waals surface area contributed by atoms with Crippen molar-refractivity contribution in [2.45, 2.75) is 32.4 Å². The third kappa shape index (κ3) is 7.05. The number of hydrogen-bond donors (Lipinski definition) is 2. The molecule has 3 aromatic rings. The summed E-state index contributed by atoms with van der Waals surface area (Å²) >= 11 is 0. The second kappa shape index (κ2) is 12.2. The molecule has 190 valence electrons. The number of benzene rings is 1. The van der Waals surface area contributed by atoms with E-state index in [0.29, 0.717) is 11.1 Å². The van der Waals surface area contributed by atoms with E-state index in [1.54, 1.807) is 19.1 Å². The van der Waals surface area contributed by atoms with Crippen LogP contribution in [0.3, 0.4) is 0 Å².